The Kier molecular flexibility index (Phi) is 5.49. The molecule has 0 fully saturated rings. The Labute approximate surface area is 157 Å². The molecule has 0 aliphatic rings. The van der Waals surface area contributed by atoms with E-state index in [2.05, 4.69) is 38.0 Å². The minimum Gasteiger partial charge on any atom is -0.336 e. The summed E-state index contributed by atoms with van der Waals surface area (Å²) in [6.45, 7) is 4.02. The van der Waals surface area contributed by atoms with E-state index in [0.717, 1.165) is 29.8 Å². The minimum absolute atomic E-state index is 0.153. The number of anilines is 1. The smallest absolute Gasteiger partial charge is 0.319 e. The second-order valence-corrected chi connectivity index (χ2v) is 6.47. The van der Waals surface area contributed by atoms with Crippen LogP contribution in [0.2, 0.25) is 0 Å². The van der Waals surface area contributed by atoms with E-state index in [4.69, 9.17) is 0 Å². The lowest BCUT2D eigenvalue weighted by Crippen LogP contribution is -2.34. The molecule has 1 atom stereocenters. The Bertz CT molecular complexity index is 929. The molecule has 2 aromatic heterocycles. The number of carbonyl (C=O) groups is 1. The molecule has 142 valence electrons. The summed E-state index contributed by atoms with van der Waals surface area (Å²) >= 11 is 0. The third-order valence-electron chi connectivity index (χ3n) is 4.31. The molecule has 0 saturated heterocycles. The molecular weight excluding hydrogens is 344 g/mol. The molecule has 2 heterocycles. The van der Waals surface area contributed by atoms with Crippen molar-refractivity contribution in [3.05, 3.63) is 42.0 Å². The largest absolute Gasteiger partial charge is 0.336 e. The van der Waals surface area contributed by atoms with Gasteiger partial charge in [0.05, 0.1) is 13.1 Å². The Balaban J connectivity index is 1.76. The van der Waals surface area contributed by atoms with E-state index in [0.29, 0.717) is 11.5 Å². The molecule has 9 nitrogen and oxygen atoms in total. The zero-order chi connectivity index (χ0) is 19.4. The van der Waals surface area contributed by atoms with Crippen molar-refractivity contribution in [1.29, 1.82) is 0 Å². The SMILES string of the molecule is CCCC(NC(=O)Nc1cc(-c2nnn(C)n2)ccc1C)c1nccn1C. The van der Waals surface area contributed by atoms with Crippen molar-refractivity contribution < 1.29 is 4.79 Å². The van der Waals surface area contributed by atoms with Gasteiger partial charge in [0, 0.05) is 30.7 Å². The summed E-state index contributed by atoms with van der Waals surface area (Å²) < 4.78 is 1.92. The van der Waals surface area contributed by atoms with E-state index >= 15 is 0 Å². The van der Waals surface area contributed by atoms with Crippen LogP contribution in [0, 0.1) is 6.92 Å². The molecule has 2 N–H and O–H groups in total. The fraction of sp³-hybridized carbons (Fsp3) is 0.389. The number of tetrazole rings is 1. The number of imidazole rings is 1. The highest BCUT2D eigenvalue weighted by Crippen LogP contribution is 2.23. The first-order chi connectivity index (χ1) is 13.0. The Morgan fingerprint density at radius 2 is 2.11 bits per heavy atom. The third-order valence-corrected chi connectivity index (χ3v) is 4.31. The third kappa shape index (κ3) is 4.30. The standard InChI is InChI=1S/C18H24N8O/c1-5-6-14(17-19-9-10-25(17)3)20-18(27)21-15-11-13(8-7-12(15)2)16-22-24-26(4)23-16/h7-11,14H,5-6H2,1-4H3,(H2,20,21,27). The van der Waals surface area contributed by atoms with Crippen LogP contribution in [0.1, 0.15) is 37.2 Å². The van der Waals surface area contributed by atoms with Crippen LogP contribution in [-0.4, -0.2) is 35.8 Å². The molecule has 1 unspecified atom stereocenters. The number of amides is 2. The van der Waals surface area contributed by atoms with Gasteiger partial charge in [-0.25, -0.2) is 9.78 Å². The Morgan fingerprint density at radius 1 is 1.30 bits per heavy atom. The molecule has 0 aliphatic heterocycles. The molecule has 0 saturated carbocycles. The second-order valence-electron chi connectivity index (χ2n) is 6.47. The zero-order valence-electron chi connectivity index (χ0n) is 16.0. The number of nitrogens with one attached hydrogen (secondary N) is 2. The van der Waals surface area contributed by atoms with Gasteiger partial charge in [0.2, 0.25) is 5.82 Å². The van der Waals surface area contributed by atoms with Gasteiger partial charge >= 0.3 is 6.03 Å². The first-order valence-corrected chi connectivity index (χ1v) is 8.87. The summed E-state index contributed by atoms with van der Waals surface area (Å²) in [4.78, 5) is 18.4. The lowest BCUT2D eigenvalue weighted by Gasteiger charge is -2.19. The summed E-state index contributed by atoms with van der Waals surface area (Å²) in [5.41, 5.74) is 2.44. The average Bonchev–Trinajstić information content (AvgIpc) is 3.25. The minimum atomic E-state index is -0.274. The van der Waals surface area contributed by atoms with Gasteiger partial charge in [0.1, 0.15) is 5.82 Å². The van der Waals surface area contributed by atoms with Crippen LogP contribution < -0.4 is 10.6 Å². The molecule has 2 amide bonds. The topological polar surface area (TPSA) is 103 Å². The molecule has 0 spiro atoms. The van der Waals surface area contributed by atoms with E-state index in [-0.39, 0.29) is 12.1 Å². The molecule has 9 heteroatoms. The highest BCUT2D eigenvalue weighted by molar-refractivity contribution is 5.91. The van der Waals surface area contributed by atoms with Gasteiger partial charge in [-0.1, -0.05) is 25.5 Å². The summed E-state index contributed by atoms with van der Waals surface area (Å²) in [5, 5.41) is 18.0. The summed E-state index contributed by atoms with van der Waals surface area (Å²) in [7, 11) is 3.63. The fourth-order valence-electron chi connectivity index (χ4n) is 2.88. The van der Waals surface area contributed by atoms with Crippen LogP contribution in [0.3, 0.4) is 0 Å². The predicted molar refractivity (Wildman–Crippen MR) is 102 cm³/mol. The first kappa shape index (κ1) is 18.6. The maximum absolute atomic E-state index is 12.6. The maximum Gasteiger partial charge on any atom is 0.319 e. The summed E-state index contributed by atoms with van der Waals surface area (Å²) in [6, 6.07) is 5.25. The highest BCUT2D eigenvalue weighted by Gasteiger charge is 2.18. The fourth-order valence-corrected chi connectivity index (χ4v) is 2.88. The lowest BCUT2D eigenvalue weighted by atomic mass is 10.1. The number of carbonyl (C=O) groups excluding carboxylic acids is 1. The van der Waals surface area contributed by atoms with Gasteiger partial charge in [-0.3, -0.25) is 0 Å². The number of benzene rings is 1. The number of hydrogen-bond donors (Lipinski definition) is 2. The molecule has 1 aromatic carbocycles. The van der Waals surface area contributed by atoms with Gasteiger partial charge in [-0.2, -0.15) is 4.80 Å². The van der Waals surface area contributed by atoms with E-state index in [1.165, 1.54) is 4.80 Å². The molecule has 27 heavy (non-hydrogen) atoms. The first-order valence-electron chi connectivity index (χ1n) is 8.87. The zero-order valence-corrected chi connectivity index (χ0v) is 16.0. The average molecular weight is 368 g/mol. The Morgan fingerprint density at radius 3 is 2.74 bits per heavy atom. The summed E-state index contributed by atoms with van der Waals surface area (Å²) in [5.74, 6) is 1.35. The predicted octanol–water partition coefficient (Wildman–Crippen LogP) is 2.58. The normalized spacial score (nSPS) is 12.0. The van der Waals surface area contributed by atoms with Crippen molar-refractivity contribution >= 4 is 11.7 Å². The second kappa shape index (κ2) is 7.98. The van der Waals surface area contributed by atoms with Crippen LogP contribution in [0.25, 0.3) is 11.4 Å². The van der Waals surface area contributed by atoms with E-state index in [9.17, 15) is 4.79 Å². The molecular formula is C18H24N8O. The Hall–Kier alpha value is -3.23. The number of nitrogens with zero attached hydrogens (tertiary/aromatic N) is 6. The molecule has 0 bridgehead atoms. The number of urea groups is 1. The van der Waals surface area contributed by atoms with Crippen molar-refractivity contribution in [3.63, 3.8) is 0 Å². The van der Waals surface area contributed by atoms with Crippen molar-refractivity contribution in [1.82, 2.24) is 35.1 Å². The monoisotopic (exact) mass is 368 g/mol. The lowest BCUT2D eigenvalue weighted by molar-refractivity contribution is 0.247. The van der Waals surface area contributed by atoms with Crippen LogP contribution in [0.15, 0.2) is 30.6 Å². The van der Waals surface area contributed by atoms with Crippen LogP contribution >= 0.6 is 0 Å². The van der Waals surface area contributed by atoms with Gasteiger partial charge in [-0.05, 0) is 30.2 Å². The highest BCUT2D eigenvalue weighted by atomic mass is 16.2. The van der Waals surface area contributed by atoms with Crippen molar-refractivity contribution in [3.8, 4) is 11.4 Å². The molecule has 0 aliphatic carbocycles. The van der Waals surface area contributed by atoms with Crippen molar-refractivity contribution in [2.75, 3.05) is 5.32 Å². The van der Waals surface area contributed by atoms with E-state index in [1.54, 1.807) is 13.2 Å². The quantitative estimate of drug-likeness (QED) is 0.696. The molecule has 3 aromatic rings. The van der Waals surface area contributed by atoms with E-state index in [1.807, 2.05) is 42.9 Å². The van der Waals surface area contributed by atoms with Gasteiger partial charge < -0.3 is 15.2 Å². The van der Waals surface area contributed by atoms with Gasteiger partial charge in [0.15, 0.2) is 0 Å². The molecule has 0 radical (unpaired) electrons. The molecule has 3 rings (SSSR count). The van der Waals surface area contributed by atoms with Crippen LogP contribution in [-0.2, 0) is 14.1 Å². The number of rotatable bonds is 6. The van der Waals surface area contributed by atoms with Crippen LogP contribution in [0.4, 0.5) is 10.5 Å². The summed E-state index contributed by atoms with van der Waals surface area (Å²) in [6.07, 6.45) is 5.35. The van der Waals surface area contributed by atoms with Crippen molar-refractivity contribution in [2.45, 2.75) is 32.7 Å². The van der Waals surface area contributed by atoms with Crippen molar-refractivity contribution in [2.24, 2.45) is 14.1 Å². The van der Waals surface area contributed by atoms with Crippen LogP contribution in [0.5, 0.6) is 0 Å². The number of aromatic nitrogens is 6. The van der Waals surface area contributed by atoms with Gasteiger partial charge in [-0.15, -0.1) is 10.2 Å². The van der Waals surface area contributed by atoms with E-state index < -0.39 is 0 Å². The maximum atomic E-state index is 12.6. The number of aryl methyl sites for hydroxylation is 3. The number of hydrogen-bond acceptors (Lipinski definition) is 5. The van der Waals surface area contributed by atoms with Gasteiger partial charge in [0.25, 0.3) is 0 Å².